The van der Waals surface area contributed by atoms with E-state index in [9.17, 15) is 59.0 Å². The number of hydrogen-bond donors (Lipinski definition) is 5. The molecule has 2 aliphatic rings. The minimum Gasteiger partial charge on any atom is -0.478 e. The molecular formula is C50H50F6N6O9S. The number of benzene rings is 5. The molecule has 0 unspecified atom stereocenters. The normalized spacial score (nSPS) is 15.1. The molecule has 72 heavy (non-hydrogen) atoms. The Hall–Kier alpha value is -7.17. The van der Waals surface area contributed by atoms with Gasteiger partial charge in [-0.05, 0) is 90.0 Å². The highest BCUT2D eigenvalue weighted by Gasteiger charge is 2.38. The number of nitrogens with zero attached hydrogens (tertiary/aromatic N) is 2. The first-order valence-corrected chi connectivity index (χ1v) is 24.5. The van der Waals surface area contributed by atoms with Crippen LogP contribution in [-0.2, 0) is 16.6 Å². The molecule has 1 aliphatic carbocycles. The highest BCUT2D eigenvalue weighted by atomic mass is 32.2. The molecule has 6 N–H and O–H groups in total. The number of carboxylic acid groups (broad SMARTS) is 1. The van der Waals surface area contributed by atoms with E-state index in [1.54, 1.807) is 19.1 Å². The van der Waals surface area contributed by atoms with Crippen LogP contribution in [0.4, 0.5) is 42.5 Å². The Balaban J connectivity index is 1.38. The molecule has 1 heterocycles. The molecule has 0 aromatic heterocycles. The molecule has 5 aromatic rings. The van der Waals surface area contributed by atoms with Crippen molar-refractivity contribution in [2.24, 2.45) is 5.73 Å². The second-order valence-electron chi connectivity index (χ2n) is 17.2. The number of rotatable bonds is 16. The van der Waals surface area contributed by atoms with Gasteiger partial charge in [-0.3, -0.25) is 14.5 Å². The van der Waals surface area contributed by atoms with Gasteiger partial charge in [0.15, 0.2) is 0 Å². The van der Waals surface area contributed by atoms with Crippen LogP contribution in [-0.4, -0.2) is 97.2 Å². The van der Waals surface area contributed by atoms with E-state index in [0.717, 1.165) is 61.2 Å². The number of nitrogens with one attached hydrogen (secondary N) is 3. The van der Waals surface area contributed by atoms with Gasteiger partial charge in [0.2, 0.25) is 15.9 Å². The van der Waals surface area contributed by atoms with Crippen LogP contribution in [0.25, 0.3) is 33.4 Å². The van der Waals surface area contributed by atoms with Gasteiger partial charge in [-0.2, -0.15) is 4.31 Å². The van der Waals surface area contributed by atoms with Crippen LogP contribution in [0.5, 0.6) is 11.5 Å². The summed E-state index contributed by atoms with van der Waals surface area (Å²) in [5.74, 6) is -6.15. The number of alkyl halides is 6. The third-order valence-corrected chi connectivity index (χ3v) is 14.2. The Bertz CT molecular complexity index is 2930. The number of amides is 4. The van der Waals surface area contributed by atoms with E-state index in [0.29, 0.717) is 58.1 Å². The highest BCUT2D eigenvalue weighted by molar-refractivity contribution is 7.89. The third kappa shape index (κ3) is 13.2. The molecule has 7 rings (SSSR count). The van der Waals surface area contributed by atoms with Crippen molar-refractivity contribution in [2.75, 3.05) is 42.6 Å². The number of primary amides is 1. The fourth-order valence-corrected chi connectivity index (χ4v) is 10.4. The maximum Gasteiger partial charge on any atom is 0.573 e. The molecule has 0 atom stereocenters. The molecule has 1 saturated heterocycles. The summed E-state index contributed by atoms with van der Waals surface area (Å²) >= 11 is 0. The SMILES string of the molecule is CCCS(=O)(=O)N1CCN(Cc2ccc(NC(=O)c3cc(OC(F)(F)F)c(-c4ccccc4)c(C(N)=O)c3-c3cc(C(=O)O)ccc3-c3cc(NC(=O)NC4CCCCC4)ccc3OC(F)(F)F)cc2)CC1. The van der Waals surface area contributed by atoms with Gasteiger partial charge in [-0.15, -0.1) is 26.3 Å². The van der Waals surface area contributed by atoms with Gasteiger partial charge >= 0.3 is 24.7 Å². The topological polar surface area (TPSA) is 210 Å². The molecule has 0 spiro atoms. The van der Waals surface area contributed by atoms with Crippen LogP contribution in [0.2, 0.25) is 0 Å². The van der Waals surface area contributed by atoms with Crippen molar-refractivity contribution in [1.29, 1.82) is 0 Å². The van der Waals surface area contributed by atoms with Gasteiger partial charge in [-0.1, -0.05) is 74.7 Å². The maximum absolute atomic E-state index is 14.8. The molecule has 2 fully saturated rings. The van der Waals surface area contributed by atoms with E-state index < -0.39 is 97.0 Å². The second kappa shape index (κ2) is 22.1. The summed E-state index contributed by atoms with van der Waals surface area (Å²) in [7, 11) is -3.38. The zero-order valence-electron chi connectivity index (χ0n) is 38.7. The molecule has 382 valence electrons. The van der Waals surface area contributed by atoms with Gasteiger partial charge in [0.25, 0.3) is 5.91 Å². The van der Waals surface area contributed by atoms with Crippen molar-refractivity contribution in [1.82, 2.24) is 14.5 Å². The number of carbonyl (C=O) groups excluding carboxylic acids is 3. The fraction of sp³-hybridized carbons (Fsp3) is 0.320. The zero-order chi connectivity index (χ0) is 52.0. The predicted molar refractivity (Wildman–Crippen MR) is 256 cm³/mol. The molecule has 1 saturated carbocycles. The summed E-state index contributed by atoms with van der Waals surface area (Å²) in [6, 6.07) is 19.1. The van der Waals surface area contributed by atoms with Crippen LogP contribution < -0.4 is 31.2 Å². The first-order valence-electron chi connectivity index (χ1n) is 22.9. The molecule has 15 nitrogen and oxygen atoms in total. The third-order valence-electron chi connectivity index (χ3n) is 12.1. The van der Waals surface area contributed by atoms with Crippen molar-refractivity contribution in [2.45, 2.75) is 70.8 Å². The molecule has 0 radical (unpaired) electrons. The van der Waals surface area contributed by atoms with Gasteiger partial charge in [0.05, 0.1) is 22.4 Å². The van der Waals surface area contributed by atoms with Crippen LogP contribution in [0.15, 0.2) is 97.1 Å². The van der Waals surface area contributed by atoms with Gasteiger partial charge in [0.1, 0.15) is 11.5 Å². The number of piperazine rings is 1. The molecular weight excluding hydrogens is 975 g/mol. The number of anilines is 2. The lowest BCUT2D eigenvalue weighted by Gasteiger charge is -2.34. The monoisotopic (exact) mass is 1020 g/mol. The average molecular weight is 1030 g/mol. The maximum atomic E-state index is 14.8. The Morgan fingerprint density at radius 3 is 1.97 bits per heavy atom. The molecule has 4 amide bonds. The summed E-state index contributed by atoms with van der Waals surface area (Å²) in [5.41, 5.74) is 2.12. The lowest BCUT2D eigenvalue weighted by Crippen LogP contribution is -2.48. The van der Waals surface area contributed by atoms with Gasteiger partial charge in [-0.25, -0.2) is 18.0 Å². The molecule has 1 aliphatic heterocycles. The zero-order valence-corrected chi connectivity index (χ0v) is 39.5. The number of ether oxygens (including phenoxy) is 2. The quantitative estimate of drug-likeness (QED) is 0.0591. The van der Waals surface area contributed by atoms with E-state index in [2.05, 4.69) is 25.4 Å². The van der Waals surface area contributed by atoms with E-state index in [4.69, 9.17) is 5.73 Å². The van der Waals surface area contributed by atoms with E-state index in [-0.39, 0.29) is 34.3 Å². The molecule has 0 bridgehead atoms. The van der Waals surface area contributed by atoms with Crippen molar-refractivity contribution >= 4 is 45.2 Å². The number of hydrogen-bond acceptors (Lipinski definition) is 9. The van der Waals surface area contributed by atoms with Gasteiger partial charge < -0.3 is 36.3 Å². The number of urea groups is 1. The van der Waals surface area contributed by atoms with Gasteiger partial charge in [0, 0.05) is 66.8 Å². The Morgan fingerprint density at radius 1 is 0.722 bits per heavy atom. The number of sulfonamides is 1. The lowest BCUT2D eigenvalue weighted by molar-refractivity contribution is -0.275. The summed E-state index contributed by atoms with van der Waals surface area (Å²) in [4.78, 5) is 56.6. The first-order chi connectivity index (χ1) is 34.1. The summed E-state index contributed by atoms with van der Waals surface area (Å²) in [6.45, 7) is 3.65. The van der Waals surface area contributed by atoms with Crippen molar-refractivity contribution in [3.8, 4) is 44.9 Å². The number of carboxylic acids is 1. The van der Waals surface area contributed by atoms with Crippen molar-refractivity contribution in [3.05, 3.63) is 119 Å². The summed E-state index contributed by atoms with van der Waals surface area (Å²) < 4.78 is 121. The van der Waals surface area contributed by atoms with E-state index in [1.165, 1.54) is 46.8 Å². The summed E-state index contributed by atoms with van der Waals surface area (Å²) in [5, 5.41) is 18.3. The number of aromatic carboxylic acids is 1. The van der Waals surface area contributed by atoms with Crippen molar-refractivity contribution in [3.63, 3.8) is 0 Å². The lowest BCUT2D eigenvalue weighted by atomic mass is 9.83. The Labute approximate surface area is 410 Å². The molecule has 5 aromatic carbocycles. The Kier molecular flexibility index (Phi) is 16.1. The minimum absolute atomic E-state index is 0.0419. The van der Waals surface area contributed by atoms with E-state index >= 15 is 0 Å². The Morgan fingerprint density at radius 2 is 1.36 bits per heavy atom. The minimum atomic E-state index is -5.44. The smallest absolute Gasteiger partial charge is 0.478 e. The first kappa shape index (κ1) is 52.6. The summed E-state index contributed by atoms with van der Waals surface area (Å²) in [6.07, 6.45) is -6.14. The predicted octanol–water partition coefficient (Wildman–Crippen LogP) is 9.85. The van der Waals surface area contributed by atoms with Crippen LogP contribution in [0, 0.1) is 0 Å². The van der Waals surface area contributed by atoms with E-state index in [1.807, 2.05) is 4.90 Å². The highest BCUT2D eigenvalue weighted by Crippen LogP contribution is 2.48. The second-order valence-corrected chi connectivity index (χ2v) is 19.3. The number of halogens is 6. The van der Waals surface area contributed by atoms with Crippen LogP contribution >= 0.6 is 0 Å². The standard InChI is InChI=1S/C50H50F6N6O9S/c1-2-25-72(68,69)62-23-21-61(22-24-62)29-30-13-16-34(17-14-30)58-46(64)39-28-41(71-50(54,55)56)42(31-9-5-3-6-10-31)44(45(57)63)43(39)38-26-32(47(65)66)15-19-36(38)37-27-35(18-20-40(37)70-49(51,52)53)60-48(67)59-33-11-7-4-8-12-33/h3,5-6,9-10,13-20,26-28,33H,2,4,7-8,11-12,21-25,29H2,1H3,(H2,57,63)(H,58,64)(H,65,66)(H2,59,60,67). The average Bonchev–Trinajstić information content (AvgIpc) is 3.32. The van der Waals surface area contributed by atoms with Crippen LogP contribution in [0.1, 0.15) is 82.1 Å². The van der Waals surface area contributed by atoms with Crippen molar-refractivity contribution < 1.29 is 68.5 Å². The number of carbonyl (C=O) groups is 4. The van der Waals surface area contributed by atoms with Crippen LogP contribution in [0.3, 0.4) is 0 Å². The molecule has 22 heteroatoms. The number of nitrogens with two attached hydrogens (primary N) is 1. The fourth-order valence-electron chi connectivity index (χ4n) is 8.91. The largest absolute Gasteiger partial charge is 0.573 e.